The monoisotopic (exact) mass is 302 g/mol. The third kappa shape index (κ3) is 4.54. The Morgan fingerprint density at radius 1 is 1.47 bits per heavy atom. The highest BCUT2D eigenvalue weighted by Crippen LogP contribution is 2.15. The van der Waals surface area contributed by atoms with Gasteiger partial charge in [-0.15, -0.1) is 0 Å². The molecule has 3 N–H and O–H groups in total. The van der Waals surface area contributed by atoms with E-state index >= 15 is 0 Å². The minimum Gasteiger partial charge on any atom is -0.389 e. The maximum absolute atomic E-state index is 12.0. The smallest absolute Gasteiger partial charge is 0.240 e. The van der Waals surface area contributed by atoms with Crippen LogP contribution in [0.1, 0.15) is 18.1 Å². The van der Waals surface area contributed by atoms with Gasteiger partial charge in [0, 0.05) is 18.7 Å². The molecule has 1 aromatic carbocycles. The number of hydrogen-bond acceptors (Lipinski definition) is 4. The first kappa shape index (κ1) is 16.0. The molecule has 0 fully saturated rings. The van der Waals surface area contributed by atoms with Crippen LogP contribution in [0.2, 0.25) is 0 Å². The molecule has 19 heavy (non-hydrogen) atoms. The molecule has 106 valence electrons. The van der Waals surface area contributed by atoms with Gasteiger partial charge in [-0.05, 0) is 31.5 Å². The molecule has 0 bridgehead atoms. The highest BCUT2D eigenvalue weighted by Gasteiger charge is 2.14. The Morgan fingerprint density at radius 3 is 2.68 bits per heavy atom. The summed E-state index contributed by atoms with van der Waals surface area (Å²) in [4.78, 5) is 0.451. The summed E-state index contributed by atoms with van der Waals surface area (Å²) in [5.41, 5.74) is 6.96. The normalized spacial score (nSPS) is 11.5. The molecular weight excluding hydrogens is 284 g/mol. The van der Waals surface area contributed by atoms with Crippen molar-refractivity contribution in [2.24, 2.45) is 5.73 Å². The maximum Gasteiger partial charge on any atom is 0.240 e. The molecule has 0 aliphatic carbocycles. The highest BCUT2D eigenvalue weighted by molar-refractivity contribution is 7.89. The van der Waals surface area contributed by atoms with Crippen LogP contribution < -0.4 is 10.5 Å². The Hall–Kier alpha value is -1.02. The Bertz CT molecular complexity index is 556. The zero-order valence-electron chi connectivity index (χ0n) is 11.0. The van der Waals surface area contributed by atoms with Gasteiger partial charge in [0.1, 0.15) is 4.99 Å². The second-order valence-electron chi connectivity index (χ2n) is 3.94. The molecule has 0 atom stereocenters. The van der Waals surface area contributed by atoms with E-state index in [-0.39, 0.29) is 16.4 Å². The predicted octanol–water partition coefficient (Wildman–Crippen LogP) is 0.944. The fourth-order valence-electron chi connectivity index (χ4n) is 1.56. The number of hydrogen-bond donors (Lipinski definition) is 2. The first-order chi connectivity index (χ1) is 8.88. The zero-order chi connectivity index (χ0) is 14.5. The molecule has 0 amide bonds. The number of thiocarbonyl (C=S) groups is 1. The van der Waals surface area contributed by atoms with E-state index in [0.29, 0.717) is 18.8 Å². The lowest BCUT2D eigenvalue weighted by Gasteiger charge is -2.09. The topological polar surface area (TPSA) is 81.4 Å². The van der Waals surface area contributed by atoms with Crippen LogP contribution in [0.4, 0.5) is 0 Å². The zero-order valence-corrected chi connectivity index (χ0v) is 12.6. The van der Waals surface area contributed by atoms with Gasteiger partial charge in [0.05, 0.1) is 11.5 Å². The second kappa shape index (κ2) is 6.95. The van der Waals surface area contributed by atoms with Gasteiger partial charge in [0.25, 0.3) is 0 Å². The first-order valence-electron chi connectivity index (χ1n) is 5.86. The fourth-order valence-corrected chi connectivity index (χ4v) is 2.88. The first-order valence-corrected chi connectivity index (χ1v) is 7.75. The van der Waals surface area contributed by atoms with Crippen molar-refractivity contribution in [3.63, 3.8) is 0 Å². The van der Waals surface area contributed by atoms with Crippen LogP contribution in [0.3, 0.4) is 0 Å². The van der Waals surface area contributed by atoms with Crippen molar-refractivity contribution >= 4 is 27.2 Å². The number of benzene rings is 1. The van der Waals surface area contributed by atoms with Crippen molar-refractivity contribution in [3.05, 3.63) is 29.3 Å². The summed E-state index contributed by atoms with van der Waals surface area (Å²) >= 11 is 4.88. The van der Waals surface area contributed by atoms with E-state index in [1.165, 1.54) is 6.07 Å². The molecule has 1 aromatic rings. The SMILES string of the molecule is CCOCCNS(=O)(=O)c1ccc(C(N)=S)c(C)c1. The summed E-state index contributed by atoms with van der Waals surface area (Å²) in [5, 5.41) is 0. The molecule has 0 radical (unpaired) electrons. The Kier molecular flexibility index (Phi) is 5.86. The number of sulfonamides is 1. The number of ether oxygens (including phenoxy) is 1. The maximum atomic E-state index is 12.0. The van der Waals surface area contributed by atoms with E-state index in [1.807, 2.05) is 6.92 Å². The highest BCUT2D eigenvalue weighted by atomic mass is 32.2. The summed E-state index contributed by atoms with van der Waals surface area (Å²) in [6.45, 7) is 4.77. The lowest BCUT2D eigenvalue weighted by Crippen LogP contribution is -2.27. The Balaban J connectivity index is 2.84. The van der Waals surface area contributed by atoms with Crippen molar-refractivity contribution < 1.29 is 13.2 Å². The molecular formula is C12H18N2O3S2. The van der Waals surface area contributed by atoms with Crippen LogP contribution in [0.25, 0.3) is 0 Å². The van der Waals surface area contributed by atoms with E-state index < -0.39 is 10.0 Å². The largest absolute Gasteiger partial charge is 0.389 e. The average molecular weight is 302 g/mol. The number of rotatable bonds is 7. The van der Waals surface area contributed by atoms with Gasteiger partial charge in [0.2, 0.25) is 10.0 Å². The van der Waals surface area contributed by atoms with Crippen LogP contribution >= 0.6 is 12.2 Å². The van der Waals surface area contributed by atoms with Crippen LogP contribution in [0, 0.1) is 6.92 Å². The van der Waals surface area contributed by atoms with Gasteiger partial charge in [-0.1, -0.05) is 18.3 Å². The quantitative estimate of drug-likeness (QED) is 0.579. The molecule has 0 aliphatic heterocycles. The molecule has 0 saturated heterocycles. The van der Waals surface area contributed by atoms with E-state index in [4.69, 9.17) is 22.7 Å². The van der Waals surface area contributed by atoms with E-state index in [9.17, 15) is 8.42 Å². The standard InChI is InChI=1S/C12H18N2O3S2/c1-3-17-7-6-14-19(15,16)10-4-5-11(12(13)18)9(2)8-10/h4-5,8,14H,3,6-7H2,1-2H3,(H2,13,18). The fraction of sp³-hybridized carbons (Fsp3) is 0.417. The minimum atomic E-state index is -3.52. The van der Waals surface area contributed by atoms with Crippen molar-refractivity contribution in [2.45, 2.75) is 18.7 Å². The van der Waals surface area contributed by atoms with Crippen LogP contribution in [-0.4, -0.2) is 33.2 Å². The lowest BCUT2D eigenvalue weighted by molar-refractivity contribution is 0.153. The molecule has 7 heteroatoms. The molecule has 0 saturated carbocycles. The van der Waals surface area contributed by atoms with Gasteiger partial charge >= 0.3 is 0 Å². The number of aryl methyl sites for hydroxylation is 1. The Morgan fingerprint density at radius 2 is 2.16 bits per heavy atom. The van der Waals surface area contributed by atoms with Crippen molar-refractivity contribution in [1.29, 1.82) is 0 Å². The van der Waals surface area contributed by atoms with E-state index in [1.54, 1.807) is 19.1 Å². The number of nitrogens with one attached hydrogen (secondary N) is 1. The molecule has 0 spiro atoms. The molecule has 0 aromatic heterocycles. The summed E-state index contributed by atoms with van der Waals surface area (Å²) in [6.07, 6.45) is 0. The van der Waals surface area contributed by atoms with Gasteiger partial charge in [-0.3, -0.25) is 0 Å². The molecule has 0 heterocycles. The van der Waals surface area contributed by atoms with Gasteiger partial charge in [-0.25, -0.2) is 13.1 Å². The molecule has 5 nitrogen and oxygen atoms in total. The van der Waals surface area contributed by atoms with Crippen molar-refractivity contribution in [3.8, 4) is 0 Å². The summed E-state index contributed by atoms with van der Waals surface area (Å²) in [6, 6.07) is 4.66. The molecule has 0 aliphatic rings. The van der Waals surface area contributed by atoms with E-state index in [0.717, 1.165) is 5.56 Å². The lowest BCUT2D eigenvalue weighted by atomic mass is 10.1. The van der Waals surface area contributed by atoms with Crippen LogP contribution in [0.15, 0.2) is 23.1 Å². The third-order valence-electron chi connectivity index (χ3n) is 2.52. The summed E-state index contributed by atoms with van der Waals surface area (Å²) in [5.74, 6) is 0. The average Bonchev–Trinajstić information content (AvgIpc) is 2.34. The number of nitrogens with two attached hydrogens (primary N) is 1. The summed E-state index contributed by atoms with van der Waals surface area (Å²) in [7, 11) is -3.52. The van der Waals surface area contributed by atoms with Crippen LogP contribution in [0.5, 0.6) is 0 Å². The van der Waals surface area contributed by atoms with Crippen LogP contribution in [-0.2, 0) is 14.8 Å². The predicted molar refractivity (Wildman–Crippen MR) is 78.7 cm³/mol. The van der Waals surface area contributed by atoms with Crippen molar-refractivity contribution in [1.82, 2.24) is 4.72 Å². The Labute approximate surface area is 119 Å². The van der Waals surface area contributed by atoms with Crippen molar-refractivity contribution in [2.75, 3.05) is 19.8 Å². The van der Waals surface area contributed by atoms with Gasteiger partial charge < -0.3 is 10.5 Å². The van der Waals surface area contributed by atoms with Gasteiger partial charge in [0.15, 0.2) is 0 Å². The second-order valence-corrected chi connectivity index (χ2v) is 6.14. The summed E-state index contributed by atoms with van der Waals surface area (Å²) < 4.78 is 31.5. The molecule has 0 unspecified atom stereocenters. The van der Waals surface area contributed by atoms with Gasteiger partial charge in [-0.2, -0.15) is 0 Å². The third-order valence-corrected chi connectivity index (χ3v) is 4.19. The minimum absolute atomic E-state index is 0.196. The molecule has 1 rings (SSSR count). The van der Waals surface area contributed by atoms with E-state index in [2.05, 4.69) is 4.72 Å².